The summed E-state index contributed by atoms with van der Waals surface area (Å²) in [5, 5.41) is 0.163. The normalized spacial score (nSPS) is 11.9. The first-order chi connectivity index (χ1) is 9.07. The van der Waals surface area contributed by atoms with Crippen LogP contribution >= 0.6 is 0 Å². The molecule has 0 unspecified atom stereocenters. The van der Waals surface area contributed by atoms with E-state index in [1.807, 2.05) is 0 Å². The molecule has 3 aromatic rings. The zero-order valence-corrected chi connectivity index (χ0v) is 9.70. The molecule has 0 atom stereocenters. The monoisotopic (exact) mass is 262 g/mol. The third-order valence-corrected chi connectivity index (χ3v) is 2.91. The predicted octanol–water partition coefficient (Wildman–Crippen LogP) is 4.25. The van der Waals surface area contributed by atoms with Crippen LogP contribution in [-0.2, 0) is 6.18 Å². The summed E-state index contributed by atoms with van der Waals surface area (Å²) in [5.41, 5.74) is 0.0811. The van der Waals surface area contributed by atoms with Gasteiger partial charge in [0.05, 0.1) is 17.0 Å². The standard InChI is InChI=1S/C14H9F3N2/c15-14(16,17)12-9-5-1-2-6-10(9)19-13(12)11-7-3-4-8-18-11/h1-8,19H. The van der Waals surface area contributed by atoms with Crippen LogP contribution in [0.5, 0.6) is 0 Å². The summed E-state index contributed by atoms with van der Waals surface area (Å²) in [6.45, 7) is 0. The van der Waals surface area contributed by atoms with Crippen LogP contribution in [0.15, 0.2) is 48.7 Å². The molecule has 0 spiro atoms. The topological polar surface area (TPSA) is 28.7 Å². The van der Waals surface area contributed by atoms with E-state index in [0.29, 0.717) is 5.52 Å². The minimum Gasteiger partial charge on any atom is -0.353 e. The number of alkyl halides is 3. The number of para-hydroxylation sites is 1. The molecular formula is C14H9F3N2. The van der Waals surface area contributed by atoms with Crippen molar-refractivity contribution < 1.29 is 13.2 Å². The summed E-state index contributed by atoms with van der Waals surface area (Å²) in [6.07, 6.45) is -2.95. The fraction of sp³-hybridized carbons (Fsp3) is 0.0714. The molecule has 0 saturated carbocycles. The number of nitrogens with zero attached hydrogens (tertiary/aromatic N) is 1. The third-order valence-electron chi connectivity index (χ3n) is 2.91. The number of rotatable bonds is 1. The summed E-state index contributed by atoms with van der Waals surface area (Å²) < 4.78 is 39.7. The van der Waals surface area contributed by atoms with Crippen molar-refractivity contribution in [1.29, 1.82) is 0 Å². The molecule has 96 valence electrons. The molecule has 0 aliphatic rings. The maximum Gasteiger partial charge on any atom is 0.419 e. The molecule has 0 radical (unpaired) electrons. The van der Waals surface area contributed by atoms with Crippen LogP contribution in [0.1, 0.15) is 5.56 Å². The van der Waals surface area contributed by atoms with Crippen molar-refractivity contribution in [2.75, 3.05) is 0 Å². The van der Waals surface area contributed by atoms with Gasteiger partial charge in [-0.25, -0.2) is 0 Å². The second kappa shape index (κ2) is 4.12. The molecule has 0 aliphatic heterocycles. The van der Waals surface area contributed by atoms with Crippen molar-refractivity contribution in [2.24, 2.45) is 0 Å². The maximum atomic E-state index is 13.2. The van der Waals surface area contributed by atoms with Crippen molar-refractivity contribution >= 4 is 10.9 Å². The lowest BCUT2D eigenvalue weighted by atomic mass is 10.1. The Hall–Kier alpha value is -2.30. The van der Waals surface area contributed by atoms with Crippen LogP contribution in [0, 0.1) is 0 Å². The Labute approximate surface area is 106 Å². The van der Waals surface area contributed by atoms with Crippen molar-refractivity contribution in [3.63, 3.8) is 0 Å². The van der Waals surface area contributed by atoms with E-state index in [0.717, 1.165) is 0 Å². The maximum absolute atomic E-state index is 13.2. The highest BCUT2D eigenvalue weighted by Gasteiger charge is 2.37. The number of hydrogen-bond acceptors (Lipinski definition) is 1. The predicted molar refractivity (Wildman–Crippen MR) is 66.5 cm³/mol. The van der Waals surface area contributed by atoms with Gasteiger partial charge in [-0.05, 0) is 18.2 Å². The molecule has 2 heterocycles. The highest BCUT2D eigenvalue weighted by Crippen LogP contribution is 2.41. The van der Waals surface area contributed by atoms with Gasteiger partial charge in [-0.3, -0.25) is 4.98 Å². The summed E-state index contributed by atoms with van der Waals surface area (Å²) in [5.74, 6) is 0. The average Bonchev–Trinajstić information content (AvgIpc) is 2.79. The van der Waals surface area contributed by atoms with Gasteiger partial charge in [0.25, 0.3) is 0 Å². The van der Waals surface area contributed by atoms with E-state index in [1.165, 1.54) is 12.3 Å². The second-order valence-corrected chi connectivity index (χ2v) is 4.13. The van der Waals surface area contributed by atoms with Crippen molar-refractivity contribution in [1.82, 2.24) is 9.97 Å². The molecule has 0 amide bonds. The lowest BCUT2D eigenvalue weighted by Crippen LogP contribution is -2.06. The summed E-state index contributed by atoms with van der Waals surface area (Å²) in [4.78, 5) is 6.79. The Morgan fingerprint density at radius 2 is 1.68 bits per heavy atom. The Morgan fingerprint density at radius 3 is 2.37 bits per heavy atom. The van der Waals surface area contributed by atoms with Gasteiger partial charge in [-0.15, -0.1) is 0 Å². The minimum absolute atomic E-state index is 0.00861. The number of fused-ring (bicyclic) bond motifs is 1. The van der Waals surface area contributed by atoms with Crippen LogP contribution in [-0.4, -0.2) is 9.97 Å². The Morgan fingerprint density at radius 1 is 0.947 bits per heavy atom. The minimum atomic E-state index is -4.42. The molecule has 5 heteroatoms. The second-order valence-electron chi connectivity index (χ2n) is 4.13. The molecule has 0 fully saturated rings. The van der Waals surface area contributed by atoms with E-state index < -0.39 is 11.7 Å². The molecule has 1 aromatic carbocycles. The Kier molecular flexibility index (Phi) is 2.55. The number of hydrogen-bond donors (Lipinski definition) is 1. The van der Waals surface area contributed by atoms with Crippen molar-refractivity contribution in [3.8, 4) is 11.4 Å². The first-order valence-electron chi connectivity index (χ1n) is 5.66. The van der Waals surface area contributed by atoms with E-state index in [-0.39, 0.29) is 16.8 Å². The largest absolute Gasteiger partial charge is 0.419 e. The molecule has 0 saturated heterocycles. The molecule has 3 rings (SSSR count). The first kappa shape index (κ1) is 11.8. The van der Waals surface area contributed by atoms with E-state index >= 15 is 0 Å². The molecule has 2 nitrogen and oxygen atoms in total. The van der Waals surface area contributed by atoms with E-state index in [1.54, 1.807) is 36.4 Å². The summed E-state index contributed by atoms with van der Waals surface area (Å²) >= 11 is 0. The highest BCUT2D eigenvalue weighted by atomic mass is 19.4. The zero-order chi connectivity index (χ0) is 13.5. The lowest BCUT2D eigenvalue weighted by Gasteiger charge is -2.08. The van der Waals surface area contributed by atoms with Crippen LogP contribution in [0.2, 0.25) is 0 Å². The summed E-state index contributed by atoms with van der Waals surface area (Å²) in [7, 11) is 0. The zero-order valence-electron chi connectivity index (χ0n) is 9.70. The SMILES string of the molecule is FC(F)(F)c1c(-c2ccccn2)[nH]c2ccccc12. The quantitative estimate of drug-likeness (QED) is 0.697. The number of aromatic amines is 1. The third kappa shape index (κ3) is 1.97. The van der Waals surface area contributed by atoms with Crippen LogP contribution < -0.4 is 0 Å². The average molecular weight is 262 g/mol. The Balaban J connectivity index is 2.36. The van der Waals surface area contributed by atoms with Crippen LogP contribution in [0.25, 0.3) is 22.3 Å². The molecular weight excluding hydrogens is 253 g/mol. The lowest BCUT2D eigenvalue weighted by molar-refractivity contribution is -0.135. The molecule has 2 aromatic heterocycles. The number of nitrogens with one attached hydrogen (secondary N) is 1. The van der Waals surface area contributed by atoms with Gasteiger partial charge in [0.2, 0.25) is 0 Å². The van der Waals surface area contributed by atoms with Crippen LogP contribution in [0.4, 0.5) is 13.2 Å². The van der Waals surface area contributed by atoms with Gasteiger partial charge in [0.1, 0.15) is 0 Å². The fourth-order valence-corrected chi connectivity index (χ4v) is 2.14. The van der Waals surface area contributed by atoms with Gasteiger partial charge < -0.3 is 4.98 Å². The molecule has 0 bridgehead atoms. The van der Waals surface area contributed by atoms with E-state index in [4.69, 9.17) is 0 Å². The van der Waals surface area contributed by atoms with Gasteiger partial charge in [0, 0.05) is 17.1 Å². The van der Waals surface area contributed by atoms with Gasteiger partial charge in [-0.2, -0.15) is 13.2 Å². The number of H-pyrrole nitrogens is 1. The van der Waals surface area contributed by atoms with Crippen LogP contribution in [0.3, 0.4) is 0 Å². The number of pyridine rings is 1. The first-order valence-corrected chi connectivity index (χ1v) is 5.66. The van der Waals surface area contributed by atoms with Crippen molar-refractivity contribution in [3.05, 3.63) is 54.2 Å². The fourth-order valence-electron chi connectivity index (χ4n) is 2.14. The summed E-state index contributed by atoms with van der Waals surface area (Å²) in [6, 6.07) is 11.3. The van der Waals surface area contributed by atoms with E-state index in [9.17, 15) is 13.2 Å². The molecule has 0 aliphatic carbocycles. The van der Waals surface area contributed by atoms with Gasteiger partial charge in [-0.1, -0.05) is 24.3 Å². The number of aromatic nitrogens is 2. The van der Waals surface area contributed by atoms with Crippen molar-refractivity contribution in [2.45, 2.75) is 6.18 Å². The number of halogens is 3. The Bertz CT molecular complexity index is 714. The smallest absolute Gasteiger partial charge is 0.353 e. The van der Waals surface area contributed by atoms with Gasteiger partial charge >= 0.3 is 6.18 Å². The van der Waals surface area contributed by atoms with Gasteiger partial charge in [0.15, 0.2) is 0 Å². The number of benzene rings is 1. The molecule has 19 heavy (non-hydrogen) atoms. The highest BCUT2D eigenvalue weighted by molar-refractivity contribution is 5.90. The van der Waals surface area contributed by atoms with E-state index in [2.05, 4.69) is 9.97 Å². The molecule has 1 N–H and O–H groups in total.